The molecule has 0 amide bonds. The lowest BCUT2D eigenvalue weighted by atomic mass is 10.1. The lowest BCUT2D eigenvalue weighted by Gasteiger charge is -2.07. The molecule has 3 nitrogen and oxygen atoms in total. The van der Waals surface area contributed by atoms with Gasteiger partial charge in [-0.2, -0.15) is 0 Å². The molecule has 0 aliphatic rings. The standard InChI is InChI=1S/C14H11BrClNO2S/c1-19-14(18)9-4-5-10(11(15)7-9)8-20-13-12(16)3-2-6-17-13/h2-7H,8H2,1H3. The van der Waals surface area contributed by atoms with Crippen LogP contribution in [0.5, 0.6) is 0 Å². The van der Waals surface area contributed by atoms with Gasteiger partial charge < -0.3 is 4.74 Å². The van der Waals surface area contributed by atoms with Gasteiger partial charge in [-0.3, -0.25) is 0 Å². The molecule has 0 spiro atoms. The Bertz CT molecular complexity index is 636. The van der Waals surface area contributed by atoms with E-state index in [1.54, 1.807) is 36.2 Å². The molecule has 0 unspecified atom stereocenters. The fourth-order valence-electron chi connectivity index (χ4n) is 1.53. The number of benzene rings is 1. The number of methoxy groups -OCH3 is 1. The highest BCUT2D eigenvalue weighted by atomic mass is 79.9. The predicted octanol–water partition coefficient (Wildman–Crippen LogP) is 4.58. The molecule has 0 radical (unpaired) electrons. The maximum Gasteiger partial charge on any atom is 0.337 e. The Labute approximate surface area is 134 Å². The molecule has 0 atom stereocenters. The number of carbonyl (C=O) groups excluding carboxylic acids is 1. The molecule has 1 aromatic carbocycles. The second kappa shape index (κ2) is 7.11. The number of hydrogen-bond donors (Lipinski definition) is 0. The predicted molar refractivity (Wildman–Crippen MR) is 84.3 cm³/mol. The largest absolute Gasteiger partial charge is 0.465 e. The van der Waals surface area contributed by atoms with E-state index in [1.165, 1.54) is 7.11 Å². The van der Waals surface area contributed by atoms with Gasteiger partial charge in [0.25, 0.3) is 0 Å². The molecule has 6 heteroatoms. The van der Waals surface area contributed by atoms with E-state index in [-0.39, 0.29) is 5.97 Å². The SMILES string of the molecule is COC(=O)c1ccc(CSc2ncccc2Cl)c(Br)c1. The Morgan fingerprint density at radius 3 is 2.90 bits per heavy atom. The number of halogens is 2. The summed E-state index contributed by atoms with van der Waals surface area (Å²) in [6.45, 7) is 0. The number of ether oxygens (including phenoxy) is 1. The topological polar surface area (TPSA) is 39.2 Å². The highest BCUT2D eigenvalue weighted by Crippen LogP contribution is 2.30. The Hall–Kier alpha value is -1.04. The van der Waals surface area contributed by atoms with E-state index in [0.29, 0.717) is 16.3 Å². The molecule has 0 aliphatic carbocycles. The molecule has 0 fully saturated rings. The molecule has 20 heavy (non-hydrogen) atoms. The van der Waals surface area contributed by atoms with Crippen LogP contribution in [0.25, 0.3) is 0 Å². The summed E-state index contributed by atoms with van der Waals surface area (Å²) >= 11 is 11.1. The summed E-state index contributed by atoms with van der Waals surface area (Å²) in [7, 11) is 1.36. The molecule has 0 saturated carbocycles. The first-order valence-electron chi connectivity index (χ1n) is 5.72. The smallest absolute Gasteiger partial charge is 0.337 e. The normalized spacial score (nSPS) is 10.3. The lowest BCUT2D eigenvalue weighted by molar-refractivity contribution is 0.0600. The van der Waals surface area contributed by atoms with Gasteiger partial charge in [-0.05, 0) is 29.8 Å². The van der Waals surface area contributed by atoms with E-state index < -0.39 is 0 Å². The highest BCUT2D eigenvalue weighted by Gasteiger charge is 2.09. The molecule has 0 N–H and O–H groups in total. The van der Waals surface area contributed by atoms with Crippen LogP contribution in [0.2, 0.25) is 5.02 Å². The zero-order chi connectivity index (χ0) is 14.5. The van der Waals surface area contributed by atoms with Crippen LogP contribution in [0.15, 0.2) is 46.0 Å². The van der Waals surface area contributed by atoms with Gasteiger partial charge in [-0.1, -0.05) is 33.6 Å². The summed E-state index contributed by atoms with van der Waals surface area (Å²) in [4.78, 5) is 15.6. The first-order chi connectivity index (χ1) is 9.61. The third-order valence-electron chi connectivity index (χ3n) is 2.56. The first-order valence-corrected chi connectivity index (χ1v) is 7.87. The van der Waals surface area contributed by atoms with Gasteiger partial charge in [-0.25, -0.2) is 9.78 Å². The number of rotatable bonds is 4. The molecule has 104 valence electrons. The third-order valence-corrected chi connectivity index (χ3v) is 4.77. The summed E-state index contributed by atoms with van der Waals surface area (Å²) < 4.78 is 5.54. The molecule has 0 saturated heterocycles. The van der Waals surface area contributed by atoms with Gasteiger partial charge in [0.1, 0.15) is 5.03 Å². The zero-order valence-corrected chi connectivity index (χ0v) is 13.8. The minimum atomic E-state index is -0.349. The van der Waals surface area contributed by atoms with Crippen molar-refractivity contribution < 1.29 is 9.53 Å². The average molecular weight is 373 g/mol. The second-order valence-electron chi connectivity index (χ2n) is 3.88. The van der Waals surface area contributed by atoms with Crippen LogP contribution in [0, 0.1) is 0 Å². The van der Waals surface area contributed by atoms with Crippen molar-refractivity contribution in [1.29, 1.82) is 0 Å². The van der Waals surface area contributed by atoms with Gasteiger partial charge in [0.05, 0.1) is 17.7 Å². The third kappa shape index (κ3) is 3.75. The number of esters is 1. The summed E-state index contributed by atoms with van der Waals surface area (Å²) in [6.07, 6.45) is 1.71. The Kier molecular flexibility index (Phi) is 5.46. The summed E-state index contributed by atoms with van der Waals surface area (Å²) in [5.41, 5.74) is 1.58. The van der Waals surface area contributed by atoms with Crippen molar-refractivity contribution in [3.8, 4) is 0 Å². The molecule has 1 heterocycles. The van der Waals surface area contributed by atoms with Crippen molar-refractivity contribution >= 4 is 45.3 Å². The van der Waals surface area contributed by atoms with E-state index in [4.69, 9.17) is 11.6 Å². The number of carbonyl (C=O) groups is 1. The molecule has 1 aromatic heterocycles. The van der Waals surface area contributed by atoms with E-state index in [0.717, 1.165) is 15.1 Å². The molecule has 2 rings (SSSR count). The van der Waals surface area contributed by atoms with Crippen LogP contribution < -0.4 is 0 Å². The van der Waals surface area contributed by atoms with Crippen LogP contribution in [0.3, 0.4) is 0 Å². The number of hydrogen-bond acceptors (Lipinski definition) is 4. The Morgan fingerprint density at radius 1 is 1.45 bits per heavy atom. The highest BCUT2D eigenvalue weighted by molar-refractivity contribution is 9.10. The van der Waals surface area contributed by atoms with Crippen LogP contribution in [0.4, 0.5) is 0 Å². The van der Waals surface area contributed by atoms with Gasteiger partial charge in [0, 0.05) is 16.4 Å². The van der Waals surface area contributed by atoms with Gasteiger partial charge in [0.15, 0.2) is 0 Å². The van der Waals surface area contributed by atoms with E-state index in [1.807, 2.05) is 12.1 Å². The molecule has 0 aliphatic heterocycles. The van der Waals surface area contributed by atoms with Gasteiger partial charge in [0.2, 0.25) is 0 Å². The molecular weight excluding hydrogens is 362 g/mol. The summed E-state index contributed by atoms with van der Waals surface area (Å²) in [5.74, 6) is 0.358. The van der Waals surface area contributed by atoms with Crippen molar-refractivity contribution in [2.75, 3.05) is 7.11 Å². The fourth-order valence-corrected chi connectivity index (χ4v) is 3.41. The number of aromatic nitrogens is 1. The Balaban J connectivity index is 2.11. The Morgan fingerprint density at radius 2 is 2.25 bits per heavy atom. The lowest BCUT2D eigenvalue weighted by Crippen LogP contribution is -2.01. The quantitative estimate of drug-likeness (QED) is 0.582. The minimum Gasteiger partial charge on any atom is -0.465 e. The monoisotopic (exact) mass is 371 g/mol. The first kappa shape index (κ1) is 15.4. The maximum atomic E-state index is 11.4. The van der Waals surface area contributed by atoms with Crippen molar-refractivity contribution in [1.82, 2.24) is 4.98 Å². The van der Waals surface area contributed by atoms with Crippen LogP contribution >= 0.6 is 39.3 Å². The molecule has 0 bridgehead atoms. The zero-order valence-electron chi connectivity index (χ0n) is 10.6. The van der Waals surface area contributed by atoms with Crippen molar-refractivity contribution in [3.05, 3.63) is 57.2 Å². The van der Waals surface area contributed by atoms with Crippen molar-refractivity contribution in [2.45, 2.75) is 10.8 Å². The van der Waals surface area contributed by atoms with E-state index in [9.17, 15) is 4.79 Å². The van der Waals surface area contributed by atoms with Gasteiger partial charge >= 0.3 is 5.97 Å². The molecule has 2 aromatic rings. The van der Waals surface area contributed by atoms with Crippen LogP contribution in [-0.4, -0.2) is 18.1 Å². The van der Waals surface area contributed by atoms with Crippen molar-refractivity contribution in [3.63, 3.8) is 0 Å². The molecular formula is C14H11BrClNO2S. The number of pyridine rings is 1. The van der Waals surface area contributed by atoms with Gasteiger partial charge in [-0.15, -0.1) is 11.8 Å². The van der Waals surface area contributed by atoms with Crippen molar-refractivity contribution in [2.24, 2.45) is 0 Å². The van der Waals surface area contributed by atoms with Crippen LogP contribution in [-0.2, 0) is 10.5 Å². The second-order valence-corrected chi connectivity index (χ2v) is 6.10. The average Bonchev–Trinajstić information content (AvgIpc) is 2.46. The van der Waals surface area contributed by atoms with E-state index in [2.05, 4.69) is 25.7 Å². The number of thioether (sulfide) groups is 1. The number of nitrogens with zero attached hydrogens (tertiary/aromatic N) is 1. The maximum absolute atomic E-state index is 11.4. The summed E-state index contributed by atoms with van der Waals surface area (Å²) in [6, 6.07) is 8.99. The fraction of sp³-hybridized carbons (Fsp3) is 0.143. The van der Waals surface area contributed by atoms with Crippen LogP contribution in [0.1, 0.15) is 15.9 Å². The minimum absolute atomic E-state index is 0.349. The summed E-state index contributed by atoms with van der Waals surface area (Å²) in [5, 5.41) is 1.43. The van der Waals surface area contributed by atoms with E-state index >= 15 is 0 Å².